The Morgan fingerprint density at radius 2 is 1.74 bits per heavy atom. The molecule has 164 valence electrons. The molecule has 9 nitrogen and oxygen atoms in total. The molecule has 0 aliphatic carbocycles. The van der Waals surface area contributed by atoms with E-state index in [4.69, 9.17) is 0 Å². The summed E-state index contributed by atoms with van der Waals surface area (Å²) < 4.78 is 1.85. The molecule has 2 heterocycles. The number of carbonyl (C=O) groups is 2. The summed E-state index contributed by atoms with van der Waals surface area (Å²) in [6.45, 7) is 8.51. The number of nitrogens with one attached hydrogen (secondary N) is 2. The first kappa shape index (κ1) is 22.9. The molecule has 3 aromatic rings. The third-order valence-corrected chi connectivity index (χ3v) is 6.23. The van der Waals surface area contributed by atoms with Gasteiger partial charge in [-0.3, -0.25) is 14.9 Å². The van der Waals surface area contributed by atoms with Gasteiger partial charge in [0, 0.05) is 12.2 Å². The predicted octanol–water partition coefficient (Wildman–Crippen LogP) is 3.24. The Kier molecular flexibility index (Phi) is 7.75. The molecule has 0 spiro atoms. The molecule has 31 heavy (non-hydrogen) atoms. The monoisotopic (exact) mass is 459 g/mol. The Bertz CT molecular complexity index is 1060. The van der Waals surface area contributed by atoms with Gasteiger partial charge < -0.3 is 9.88 Å². The van der Waals surface area contributed by atoms with E-state index in [-0.39, 0.29) is 24.0 Å². The lowest BCUT2D eigenvalue weighted by Gasteiger charge is -2.09. The van der Waals surface area contributed by atoms with E-state index in [1.807, 2.05) is 44.4 Å². The van der Waals surface area contributed by atoms with Crippen molar-refractivity contribution in [1.29, 1.82) is 0 Å². The highest BCUT2D eigenvalue weighted by Gasteiger charge is 2.17. The second-order valence-electron chi connectivity index (χ2n) is 6.94. The van der Waals surface area contributed by atoms with Crippen LogP contribution in [0.2, 0.25) is 0 Å². The Labute approximate surface area is 189 Å². The average Bonchev–Trinajstić information content (AvgIpc) is 3.31. The summed E-state index contributed by atoms with van der Waals surface area (Å²) in [5.41, 5.74) is 2.94. The van der Waals surface area contributed by atoms with Crippen LogP contribution in [0.15, 0.2) is 23.4 Å². The number of rotatable bonds is 9. The standard InChI is InChI=1S/C20H25N7O2S2/c1-5-18-24-25-19(31-18)22-17(29)11-30-20-26-23-15(27(20)6-2)10-16(28)21-14-8-12(3)7-13(4)9-14/h7-9H,5-6,10-11H2,1-4H3,(H,21,28)(H,22,25,29). The van der Waals surface area contributed by atoms with Gasteiger partial charge in [0.05, 0.1) is 12.2 Å². The largest absolute Gasteiger partial charge is 0.326 e. The number of hydrogen-bond acceptors (Lipinski definition) is 8. The van der Waals surface area contributed by atoms with Crippen molar-refractivity contribution < 1.29 is 9.59 Å². The van der Waals surface area contributed by atoms with E-state index in [9.17, 15) is 9.59 Å². The number of carbonyl (C=O) groups excluding carboxylic acids is 2. The number of amides is 2. The highest BCUT2D eigenvalue weighted by atomic mass is 32.2. The summed E-state index contributed by atoms with van der Waals surface area (Å²) >= 11 is 2.63. The normalized spacial score (nSPS) is 10.8. The van der Waals surface area contributed by atoms with Crippen LogP contribution in [0.1, 0.15) is 35.8 Å². The van der Waals surface area contributed by atoms with Gasteiger partial charge in [-0.2, -0.15) is 0 Å². The third kappa shape index (κ3) is 6.34. The first-order valence-corrected chi connectivity index (χ1v) is 11.7. The summed E-state index contributed by atoms with van der Waals surface area (Å²) in [6.07, 6.45) is 0.882. The highest BCUT2D eigenvalue weighted by Crippen LogP contribution is 2.20. The molecule has 2 amide bonds. The molecule has 2 N–H and O–H groups in total. The number of nitrogens with zero attached hydrogens (tertiary/aromatic N) is 5. The highest BCUT2D eigenvalue weighted by molar-refractivity contribution is 7.99. The lowest BCUT2D eigenvalue weighted by molar-refractivity contribution is -0.116. The zero-order chi connectivity index (χ0) is 22.4. The van der Waals surface area contributed by atoms with E-state index in [1.54, 1.807) is 0 Å². The molecule has 0 aliphatic heterocycles. The fourth-order valence-electron chi connectivity index (χ4n) is 3.00. The smallest absolute Gasteiger partial charge is 0.236 e. The first-order valence-electron chi connectivity index (χ1n) is 9.93. The van der Waals surface area contributed by atoms with Gasteiger partial charge in [0.2, 0.25) is 16.9 Å². The van der Waals surface area contributed by atoms with E-state index in [2.05, 4.69) is 37.1 Å². The van der Waals surface area contributed by atoms with Crippen LogP contribution in [0, 0.1) is 13.8 Å². The van der Waals surface area contributed by atoms with Crippen LogP contribution in [0.3, 0.4) is 0 Å². The second-order valence-corrected chi connectivity index (χ2v) is 8.94. The van der Waals surface area contributed by atoms with Gasteiger partial charge in [-0.1, -0.05) is 36.1 Å². The summed E-state index contributed by atoms with van der Waals surface area (Å²) in [4.78, 5) is 24.7. The predicted molar refractivity (Wildman–Crippen MR) is 123 cm³/mol. The molecular formula is C20H25N7O2S2. The third-order valence-electron chi connectivity index (χ3n) is 4.28. The first-order chi connectivity index (χ1) is 14.9. The van der Waals surface area contributed by atoms with E-state index in [0.29, 0.717) is 22.7 Å². The molecule has 2 aromatic heterocycles. The Morgan fingerprint density at radius 1 is 1.00 bits per heavy atom. The Morgan fingerprint density at radius 3 is 2.39 bits per heavy atom. The van der Waals surface area contributed by atoms with Crippen molar-refractivity contribution in [3.05, 3.63) is 40.2 Å². The van der Waals surface area contributed by atoms with Gasteiger partial charge in [0.1, 0.15) is 10.8 Å². The summed E-state index contributed by atoms with van der Waals surface area (Å²) in [7, 11) is 0. The van der Waals surface area contributed by atoms with Crippen molar-refractivity contribution in [3.63, 3.8) is 0 Å². The van der Waals surface area contributed by atoms with Gasteiger partial charge in [-0.05, 0) is 50.5 Å². The minimum Gasteiger partial charge on any atom is -0.326 e. The fraction of sp³-hybridized carbons (Fsp3) is 0.400. The minimum absolute atomic E-state index is 0.102. The van der Waals surface area contributed by atoms with Crippen LogP contribution < -0.4 is 10.6 Å². The van der Waals surface area contributed by atoms with Crippen LogP contribution in [-0.2, 0) is 29.0 Å². The number of thioether (sulfide) groups is 1. The van der Waals surface area contributed by atoms with E-state index in [1.165, 1.54) is 23.1 Å². The molecule has 0 fully saturated rings. The second kappa shape index (κ2) is 10.5. The SMILES string of the molecule is CCc1nnc(NC(=O)CSc2nnc(CC(=O)Nc3cc(C)cc(C)c3)n2CC)s1. The zero-order valence-corrected chi connectivity index (χ0v) is 19.6. The Hall–Kier alpha value is -2.79. The summed E-state index contributed by atoms with van der Waals surface area (Å²) in [5.74, 6) is 0.366. The summed E-state index contributed by atoms with van der Waals surface area (Å²) in [5, 5.41) is 23.9. The van der Waals surface area contributed by atoms with Crippen LogP contribution in [0.4, 0.5) is 10.8 Å². The maximum Gasteiger partial charge on any atom is 0.236 e. The lowest BCUT2D eigenvalue weighted by atomic mass is 10.1. The van der Waals surface area contributed by atoms with Crippen molar-refractivity contribution in [2.45, 2.75) is 52.2 Å². The molecule has 0 saturated carbocycles. The van der Waals surface area contributed by atoms with Gasteiger partial charge in [-0.25, -0.2) is 0 Å². The van der Waals surface area contributed by atoms with E-state index in [0.717, 1.165) is 28.2 Å². The quantitative estimate of drug-likeness (QED) is 0.472. The maximum atomic E-state index is 12.5. The van der Waals surface area contributed by atoms with Gasteiger partial charge >= 0.3 is 0 Å². The molecule has 0 saturated heterocycles. The van der Waals surface area contributed by atoms with Crippen molar-refractivity contribution in [3.8, 4) is 0 Å². The van der Waals surface area contributed by atoms with E-state index >= 15 is 0 Å². The molecule has 0 bridgehead atoms. The van der Waals surface area contributed by atoms with Crippen LogP contribution in [0.25, 0.3) is 0 Å². The van der Waals surface area contributed by atoms with Crippen LogP contribution >= 0.6 is 23.1 Å². The number of benzene rings is 1. The fourth-order valence-corrected chi connectivity index (χ4v) is 4.52. The van der Waals surface area contributed by atoms with Crippen molar-refractivity contribution >= 4 is 45.7 Å². The molecule has 1 aromatic carbocycles. The lowest BCUT2D eigenvalue weighted by Crippen LogP contribution is -2.18. The molecule has 0 aliphatic rings. The van der Waals surface area contributed by atoms with Gasteiger partial charge in [0.15, 0.2) is 5.16 Å². The minimum atomic E-state index is -0.191. The topological polar surface area (TPSA) is 115 Å². The van der Waals surface area contributed by atoms with Gasteiger partial charge in [0.25, 0.3) is 0 Å². The van der Waals surface area contributed by atoms with Crippen LogP contribution in [0.5, 0.6) is 0 Å². The van der Waals surface area contributed by atoms with Crippen molar-refractivity contribution in [1.82, 2.24) is 25.0 Å². The number of aryl methyl sites for hydroxylation is 3. The van der Waals surface area contributed by atoms with Gasteiger partial charge in [-0.15, -0.1) is 20.4 Å². The van der Waals surface area contributed by atoms with Crippen molar-refractivity contribution in [2.24, 2.45) is 0 Å². The molecular weight excluding hydrogens is 434 g/mol. The average molecular weight is 460 g/mol. The van der Waals surface area contributed by atoms with Crippen molar-refractivity contribution in [2.75, 3.05) is 16.4 Å². The van der Waals surface area contributed by atoms with E-state index < -0.39 is 0 Å². The van der Waals surface area contributed by atoms with Crippen LogP contribution in [-0.4, -0.2) is 42.5 Å². The maximum absolute atomic E-state index is 12.5. The number of anilines is 2. The molecule has 0 unspecified atom stereocenters. The molecule has 0 radical (unpaired) electrons. The Balaban J connectivity index is 1.58. The number of hydrogen-bond donors (Lipinski definition) is 2. The molecule has 11 heteroatoms. The molecule has 3 rings (SSSR count). The molecule has 0 atom stereocenters. The summed E-state index contributed by atoms with van der Waals surface area (Å²) in [6, 6.07) is 5.91. The zero-order valence-electron chi connectivity index (χ0n) is 17.9. The number of aromatic nitrogens is 5.